The molecule has 146 valence electrons. The Morgan fingerprint density at radius 2 is 2.07 bits per heavy atom. The van der Waals surface area contributed by atoms with E-state index in [0.29, 0.717) is 42.2 Å². The molecule has 1 amide bonds. The number of hydrogen-bond donors (Lipinski definition) is 1. The molecular weight excluding hydrogens is 350 g/mol. The van der Waals surface area contributed by atoms with Crippen molar-refractivity contribution in [2.45, 2.75) is 39.7 Å². The molecule has 2 heterocycles. The van der Waals surface area contributed by atoms with Crippen molar-refractivity contribution in [2.24, 2.45) is 5.92 Å². The zero-order valence-electron chi connectivity index (χ0n) is 16.1. The van der Waals surface area contributed by atoms with Gasteiger partial charge in [0, 0.05) is 24.4 Å². The van der Waals surface area contributed by atoms with E-state index in [1.807, 2.05) is 20.8 Å². The van der Waals surface area contributed by atoms with E-state index in [9.17, 15) is 14.7 Å². The van der Waals surface area contributed by atoms with Crippen molar-refractivity contribution in [2.75, 3.05) is 19.7 Å². The zero-order valence-corrected chi connectivity index (χ0v) is 16.1. The van der Waals surface area contributed by atoms with Crippen molar-refractivity contribution in [3.8, 4) is 5.75 Å². The first kappa shape index (κ1) is 19.1. The third kappa shape index (κ3) is 4.35. The largest absolute Gasteiger partial charge is 0.493 e. The lowest BCUT2D eigenvalue weighted by molar-refractivity contribution is 0.0284. The Morgan fingerprint density at radius 3 is 2.74 bits per heavy atom. The van der Waals surface area contributed by atoms with E-state index in [2.05, 4.69) is 0 Å². The quantitative estimate of drug-likeness (QED) is 0.866. The number of furan rings is 1. The van der Waals surface area contributed by atoms with Gasteiger partial charge in [-0.05, 0) is 52.3 Å². The van der Waals surface area contributed by atoms with Crippen LogP contribution >= 0.6 is 0 Å². The molecule has 27 heavy (non-hydrogen) atoms. The molecule has 1 aromatic heterocycles. The summed E-state index contributed by atoms with van der Waals surface area (Å²) in [4.78, 5) is 25.3. The van der Waals surface area contributed by atoms with Crippen LogP contribution in [-0.4, -0.2) is 47.4 Å². The molecule has 7 nitrogen and oxygen atoms in total. The fourth-order valence-electron chi connectivity index (χ4n) is 3.23. The van der Waals surface area contributed by atoms with E-state index < -0.39 is 11.6 Å². The van der Waals surface area contributed by atoms with Gasteiger partial charge in [-0.2, -0.15) is 0 Å². The molecule has 1 aromatic carbocycles. The van der Waals surface area contributed by atoms with Crippen LogP contribution in [0.3, 0.4) is 0 Å². The maximum Gasteiger partial charge on any atom is 0.410 e. The van der Waals surface area contributed by atoms with Crippen LogP contribution in [0.4, 0.5) is 4.79 Å². The second kappa shape index (κ2) is 7.13. The summed E-state index contributed by atoms with van der Waals surface area (Å²) in [5, 5.41) is 9.88. The Kier molecular flexibility index (Phi) is 5.04. The highest BCUT2D eigenvalue weighted by molar-refractivity contribution is 6.03. The van der Waals surface area contributed by atoms with Gasteiger partial charge in [0.15, 0.2) is 0 Å². The van der Waals surface area contributed by atoms with Crippen molar-refractivity contribution in [1.82, 2.24) is 4.90 Å². The second-order valence-electron chi connectivity index (χ2n) is 7.89. The predicted molar refractivity (Wildman–Crippen MR) is 99.3 cm³/mol. The molecular formula is C20H25NO6. The lowest BCUT2D eigenvalue weighted by Crippen LogP contribution is -2.35. The standard InChI is InChI=1S/C20H25NO6/c1-12-17(18(22)23)15-9-14(5-6-16(15)26-12)25-11-13-7-8-21(10-13)19(24)27-20(2,3)4/h5-6,9,13H,7-8,10-11H2,1-4H3,(H,22,23). The number of ether oxygens (including phenoxy) is 2. The average Bonchev–Trinajstić information content (AvgIpc) is 3.14. The van der Waals surface area contributed by atoms with E-state index in [1.165, 1.54) is 0 Å². The van der Waals surface area contributed by atoms with Gasteiger partial charge in [-0.1, -0.05) is 0 Å². The number of likely N-dealkylation sites (tertiary alicyclic amines) is 1. The normalized spacial score (nSPS) is 17.3. The Morgan fingerprint density at radius 1 is 1.33 bits per heavy atom. The van der Waals surface area contributed by atoms with Gasteiger partial charge in [-0.3, -0.25) is 0 Å². The minimum Gasteiger partial charge on any atom is -0.493 e. The number of nitrogens with zero attached hydrogens (tertiary/aromatic N) is 1. The number of carboxylic acids is 1. The van der Waals surface area contributed by atoms with Crippen molar-refractivity contribution >= 4 is 23.0 Å². The minimum atomic E-state index is -1.02. The number of carbonyl (C=O) groups is 2. The van der Waals surface area contributed by atoms with E-state index in [4.69, 9.17) is 13.9 Å². The molecule has 1 aliphatic rings. The number of rotatable bonds is 4. The van der Waals surface area contributed by atoms with Gasteiger partial charge in [0.2, 0.25) is 0 Å². The lowest BCUT2D eigenvalue weighted by atomic mass is 10.1. The molecule has 0 spiro atoms. The fraction of sp³-hybridized carbons (Fsp3) is 0.500. The van der Waals surface area contributed by atoms with Crippen LogP contribution < -0.4 is 4.74 Å². The molecule has 1 unspecified atom stereocenters. The Bertz CT molecular complexity index is 863. The first-order valence-electron chi connectivity index (χ1n) is 9.01. The molecule has 2 aromatic rings. The summed E-state index contributed by atoms with van der Waals surface area (Å²) >= 11 is 0. The van der Waals surface area contributed by atoms with Crippen molar-refractivity contribution in [3.63, 3.8) is 0 Å². The van der Waals surface area contributed by atoms with Crippen molar-refractivity contribution in [3.05, 3.63) is 29.5 Å². The van der Waals surface area contributed by atoms with E-state index >= 15 is 0 Å². The van der Waals surface area contributed by atoms with Gasteiger partial charge < -0.3 is 23.9 Å². The van der Waals surface area contributed by atoms with Gasteiger partial charge in [0.05, 0.1) is 6.61 Å². The molecule has 0 bridgehead atoms. The Labute approximate surface area is 157 Å². The Hall–Kier alpha value is -2.70. The summed E-state index contributed by atoms with van der Waals surface area (Å²) in [6, 6.07) is 5.17. The number of carboxylic acid groups (broad SMARTS) is 1. The summed E-state index contributed by atoms with van der Waals surface area (Å²) in [6.07, 6.45) is 0.540. The van der Waals surface area contributed by atoms with Crippen LogP contribution in [0.5, 0.6) is 5.75 Å². The first-order valence-corrected chi connectivity index (χ1v) is 9.01. The molecule has 1 saturated heterocycles. The third-order valence-electron chi connectivity index (χ3n) is 4.47. The van der Waals surface area contributed by atoms with Crippen molar-refractivity contribution < 1.29 is 28.6 Å². The molecule has 1 N–H and O–H groups in total. The summed E-state index contributed by atoms with van der Waals surface area (Å²) in [6.45, 7) is 8.86. The molecule has 0 radical (unpaired) electrons. The SMILES string of the molecule is Cc1oc2ccc(OCC3CCN(C(=O)OC(C)(C)C)C3)cc2c1C(=O)O. The maximum absolute atomic E-state index is 12.1. The molecule has 1 fully saturated rings. The topological polar surface area (TPSA) is 89.2 Å². The van der Waals surface area contributed by atoms with E-state index in [-0.39, 0.29) is 17.6 Å². The monoisotopic (exact) mass is 375 g/mol. The predicted octanol–water partition coefficient (Wildman–Crippen LogP) is 4.08. The van der Waals surface area contributed by atoms with Gasteiger partial charge in [0.25, 0.3) is 0 Å². The summed E-state index contributed by atoms with van der Waals surface area (Å²) in [7, 11) is 0. The smallest absolute Gasteiger partial charge is 0.410 e. The zero-order chi connectivity index (χ0) is 19.8. The fourth-order valence-corrected chi connectivity index (χ4v) is 3.23. The number of hydrogen-bond acceptors (Lipinski definition) is 5. The third-order valence-corrected chi connectivity index (χ3v) is 4.47. The highest BCUT2D eigenvalue weighted by Crippen LogP contribution is 2.29. The number of aromatic carboxylic acids is 1. The van der Waals surface area contributed by atoms with Gasteiger partial charge in [0.1, 0.15) is 28.3 Å². The van der Waals surface area contributed by atoms with Gasteiger partial charge >= 0.3 is 12.1 Å². The number of aryl methyl sites for hydroxylation is 1. The molecule has 1 aliphatic heterocycles. The Balaban J connectivity index is 1.62. The molecule has 3 rings (SSSR count). The lowest BCUT2D eigenvalue weighted by Gasteiger charge is -2.24. The second-order valence-corrected chi connectivity index (χ2v) is 7.89. The summed E-state index contributed by atoms with van der Waals surface area (Å²) in [5.41, 5.74) is 0.174. The first-order chi connectivity index (χ1) is 12.6. The summed E-state index contributed by atoms with van der Waals surface area (Å²) in [5.74, 6) is 0.144. The van der Waals surface area contributed by atoms with Crippen LogP contribution in [0, 0.1) is 12.8 Å². The maximum atomic E-state index is 12.1. The van der Waals surface area contributed by atoms with E-state index in [0.717, 1.165) is 6.42 Å². The number of fused-ring (bicyclic) bond motifs is 1. The molecule has 1 atom stereocenters. The number of benzene rings is 1. The van der Waals surface area contributed by atoms with Crippen LogP contribution in [-0.2, 0) is 4.74 Å². The van der Waals surface area contributed by atoms with Gasteiger partial charge in [-0.15, -0.1) is 0 Å². The van der Waals surface area contributed by atoms with Crippen LogP contribution in [0.1, 0.15) is 43.3 Å². The molecule has 0 aliphatic carbocycles. The minimum absolute atomic E-state index is 0.160. The molecule has 0 saturated carbocycles. The van der Waals surface area contributed by atoms with Crippen LogP contribution in [0.2, 0.25) is 0 Å². The summed E-state index contributed by atoms with van der Waals surface area (Å²) < 4.78 is 16.7. The van der Waals surface area contributed by atoms with Crippen molar-refractivity contribution in [1.29, 1.82) is 0 Å². The highest BCUT2D eigenvalue weighted by Gasteiger charge is 2.30. The van der Waals surface area contributed by atoms with Crippen LogP contribution in [0.15, 0.2) is 22.6 Å². The van der Waals surface area contributed by atoms with Gasteiger partial charge in [-0.25, -0.2) is 9.59 Å². The van der Waals surface area contributed by atoms with E-state index in [1.54, 1.807) is 30.0 Å². The highest BCUT2D eigenvalue weighted by atomic mass is 16.6. The average molecular weight is 375 g/mol. The number of carbonyl (C=O) groups excluding carboxylic acids is 1. The van der Waals surface area contributed by atoms with Crippen LogP contribution in [0.25, 0.3) is 11.0 Å². The molecule has 7 heteroatoms. The number of amides is 1.